The predicted molar refractivity (Wildman–Crippen MR) is 222 cm³/mol. The molecule has 1 aromatic carbocycles. The molecule has 18 nitrogen and oxygen atoms in total. The Morgan fingerprint density at radius 1 is 0.683 bits per heavy atom. The molecule has 3 heterocycles. The number of rotatable bonds is 14. The monoisotopic (exact) mass is 837 g/mol. The number of esters is 2. The standard InChI is InChI=1S/C42H63N9O9/c1-27(2)21-34(37(54)58-40(3,4)5)51-26-32(45-47-51)29-22-28(23-30(24-29)35(52)48-17-19-49(20-18-48)39(56)60-42(9,10)11)31-25-50(46-44-31)33(36(53)57-12)15-13-14-16-43-38(55)59-41(6,7)8/h22-27,33-34H,13-21H2,1-12H3,(H,43,55)/t33-,34-/m0/s1. The number of nitrogens with one attached hydrogen (secondary N) is 1. The molecule has 0 radical (unpaired) electrons. The molecule has 0 bridgehead atoms. The van der Waals surface area contributed by atoms with Crippen LogP contribution >= 0.6 is 0 Å². The van der Waals surface area contributed by atoms with Gasteiger partial charge in [-0.25, -0.2) is 28.5 Å². The van der Waals surface area contributed by atoms with Crippen LogP contribution in [-0.2, 0) is 28.5 Å². The number of aromatic nitrogens is 6. The van der Waals surface area contributed by atoms with Gasteiger partial charge in [0, 0.05) is 49.4 Å². The number of benzene rings is 1. The summed E-state index contributed by atoms with van der Waals surface area (Å²) in [6, 6.07) is 3.65. The second-order valence-electron chi connectivity index (χ2n) is 18.4. The van der Waals surface area contributed by atoms with Crippen LogP contribution in [0, 0.1) is 5.92 Å². The maximum atomic E-state index is 14.2. The van der Waals surface area contributed by atoms with Gasteiger partial charge in [0.25, 0.3) is 5.91 Å². The first-order valence-corrected chi connectivity index (χ1v) is 20.5. The molecule has 1 fully saturated rings. The van der Waals surface area contributed by atoms with Gasteiger partial charge in [-0.3, -0.25) is 4.79 Å². The van der Waals surface area contributed by atoms with Crippen molar-refractivity contribution in [3.63, 3.8) is 0 Å². The number of ether oxygens (including phenoxy) is 4. The smallest absolute Gasteiger partial charge is 0.410 e. The molecular weight excluding hydrogens is 775 g/mol. The highest BCUT2D eigenvalue weighted by Crippen LogP contribution is 2.30. The van der Waals surface area contributed by atoms with Crippen molar-refractivity contribution in [3.8, 4) is 22.5 Å². The summed E-state index contributed by atoms with van der Waals surface area (Å²) in [5, 5.41) is 20.2. The molecule has 1 aliphatic heterocycles. The highest BCUT2D eigenvalue weighted by molar-refractivity contribution is 5.97. The van der Waals surface area contributed by atoms with Crippen LogP contribution in [0.4, 0.5) is 9.59 Å². The van der Waals surface area contributed by atoms with E-state index in [9.17, 15) is 24.0 Å². The van der Waals surface area contributed by atoms with Crippen molar-refractivity contribution in [2.75, 3.05) is 39.8 Å². The van der Waals surface area contributed by atoms with Crippen LogP contribution in [0.3, 0.4) is 0 Å². The zero-order valence-electron chi connectivity index (χ0n) is 37.2. The maximum absolute atomic E-state index is 14.2. The highest BCUT2D eigenvalue weighted by Gasteiger charge is 2.31. The predicted octanol–water partition coefficient (Wildman–Crippen LogP) is 6.23. The maximum Gasteiger partial charge on any atom is 0.410 e. The molecule has 2 atom stereocenters. The first-order valence-electron chi connectivity index (χ1n) is 20.5. The van der Waals surface area contributed by atoms with Gasteiger partial charge < -0.3 is 34.1 Å². The Balaban J connectivity index is 1.65. The van der Waals surface area contributed by atoms with Gasteiger partial charge in [-0.2, -0.15) is 0 Å². The van der Waals surface area contributed by atoms with Crippen molar-refractivity contribution in [2.45, 2.75) is 131 Å². The van der Waals surface area contributed by atoms with E-state index in [2.05, 4.69) is 25.9 Å². The number of hydrogen-bond donors (Lipinski definition) is 1. The Labute approximate surface area is 352 Å². The van der Waals surface area contributed by atoms with E-state index >= 15 is 0 Å². The molecule has 3 aromatic rings. The molecule has 0 spiro atoms. The van der Waals surface area contributed by atoms with Crippen LogP contribution in [0.15, 0.2) is 30.6 Å². The van der Waals surface area contributed by atoms with Crippen molar-refractivity contribution < 1.29 is 42.9 Å². The molecule has 3 amide bonds. The summed E-state index contributed by atoms with van der Waals surface area (Å²) < 4.78 is 24.6. The van der Waals surface area contributed by atoms with Gasteiger partial charge in [0.05, 0.1) is 19.5 Å². The number of piperazine rings is 1. The topological polar surface area (TPSA) is 202 Å². The number of nitrogens with zero attached hydrogens (tertiary/aromatic N) is 8. The number of hydrogen-bond acceptors (Lipinski definition) is 13. The molecule has 0 unspecified atom stereocenters. The van der Waals surface area contributed by atoms with E-state index in [-0.39, 0.29) is 24.9 Å². The van der Waals surface area contributed by atoms with Crippen molar-refractivity contribution in [1.82, 2.24) is 45.1 Å². The van der Waals surface area contributed by atoms with Crippen LogP contribution in [0.25, 0.3) is 22.5 Å². The molecule has 0 saturated carbocycles. The van der Waals surface area contributed by atoms with Gasteiger partial charge in [-0.1, -0.05) is 24.3 Å². The largest absolute Gasteiger partial charge is 0.467 e. The molecule has 1 aliphatic rings. The summed E-state index contributed by atoms with van der Waals surface area (Å²) >= 11 is 0. The van der Waals surface area contributed by atoms with Gasteiger partial charge >= 0.3 is 24.1 Å². The summed E-state index contributed by atoms with van der Waals surface area (Å²) in [7, 11) is 1.30. The third-order valence-corrected chi connectivity index (χ3v) is 9.07. The van der Waals surface area contributed by atoms with E-state index in [1.165, 1.54) is 16.5 Å². The summed E-state index contributed by atoms with van der Waals surface area (Å²) in [6.45, 7) is 21.7. The Kier molecular flexibility index (Phi) is 15.5. The van der Waals surface area contributed by atoms with E-state index in [0.29, 0.717) is 73.4 Å². The molecule has 18 heteroatoms. The quantitative estimate of drug-likeness (QED) is 0.109. The average Bonchev–Trinajstić information content (AvgIpc) is 3.84. The third kappa shape index (κ3) is 14.0. The first kappa shape index (κ1) is 47.1. The van der Waals surface area contributed by atoms with Gasteiger partial charge in [0.2, 0.25) is 0 Å². The summed E-state index contributed by atoms with van der Waals surface area (Å²) in [5.41, 5.74) is 0.167. The average molecular weight is 838 g/mol. The molecule has 1 saturated heterocycles. The number of methoxy groups -OCH3 is 1. The van der Waals surface area contributed by atoms with Crippen LogP contribution in [0.2, 0.25) is 0 Å². The Morgan fingerprint density at radius 2 is 1.20 bits per heavy atom. The lowest BCUT2D eigenvalue weighted by atomic mass is 10.0. The number of carbonyl (C=O) groups is 5. The molecule has 2 aromatic heterocycles. The zero-order valence-corrected chi connectivity index (χ0v) is 37.2. The van der Waals surface area contributed by atoms with Gasteiger partial charge in [0.1, 0.15) is 28.2 Å². The molecule has 60 heavy (non-hydrogen) atoms. The van der Waals surface area contributed by atoms with Crippen molar-refractivity contribution in [3.05, 3.63) is 36.2 Å². The summed E-state index contributed by atoms with van der Waals surface area (Å²) in [5.74, 6) is -1.08. The second-order valence-corrected chi connectivity index (χ2v) is 18.4. The normalized spacial score (nSPS) is 14.7. The van der Waals surface area contributed by atoms with Crippen LogP contribution in [0.1, 0.15) is 124 Å². The fraction of sp³-hybridized carbons (Fsp3) is 0.643. The van der Waals surface area contributed by atoms with Crippen LogP contribution in [0.5, 0.6) is 0 Å². The molecule has 1 N–H and O–H groups in total. The number of amides is 3. The fourth-order valence-corrected chi connectivity index (χ4v) is 6.36. The van der Waals surface area contributed by atoms with Gasteiger partial charge in [-0.05, 0) is 112 Å². The van der Waals surface area contributed by atoms with E-state index in [0.717, 1.165) is 0 Å². The van der Waals surface area contributed by atoms with Crippen molar-refractivity contribution in [1.29, 1.82) is 0 Å². The Hall–Kier alpha value is -5.55. The molecule has 330 valence electrons. The van der Waals surface area contributed by atoms with E-state index in [1.54, 1.807) is 81.9 Å². The van der Waals surface area contributed by atoms with Gasteiger partial charge in [-0.15, -0.1) is 10.2 Å². The minimum Gasteiger partial charge on any atom is -0.467 e. The van der Waals surface area contributed by atoms with Gasteiger partial charge in [0.15, 0.2) is 12.1 Å². The van der Waals surface area contributed by atoms with Crippen molar-refractivity contribution >= 4 is 30.0 Å². The third-order valence-electron chi connectivity index (χ3n) is 9.07. The van der Waals surface area contributed by atoms with E-state index < -0.39 is 53.0 Å². The highest BCUT2D eigenvalue weighted by atomic mass is 16.6. The number of unbranched alkanes of at least 4 members (excludes halogenated alkanes) is 1. The molecule has 0 aliphatic carbocycles. The summed E-state index contributed by atoms with van der Waals surface area (Å²) in [4.78, 5) is 68.6. The van der Waals surface area contributed by atoms with E-state index in [1.807, 2.05) is 34.6 Å². The lowest BCUT2D eigenvalue weighted by Crippen LogP contribution is -2.51. The lowest BCUT2D eigenvalue weighted by Gasteiger charge is -2.35. The minimum absolute atomic E-state index is 0.142. The minimum atomic E-state index is -0.811. The first-order chi connectivity index (χ1) is 27.9. The fourth-order valence-electron chi connectivity index (χ4n) is 6.36. The van der Waals surface area contributed by atoms with Crippen LogP contribution < -0.4 is 5.32 Å². The second kappa shape index (κ2) is 19.7. The SMILES string of the molecule is COC(=O)[C@H](CCCCNC(=O)OC(C)(C)C)n1cc(-c2cc(C(=O)N3CCN(C(=O)OC(C)(C)C)CC3)cc(-c3cn([C@@H](CC(C)C)C(=O)OC(C)(C)C)nn3)c2)nn1. The Bertz CT molecular complexity index is 1960. The molecule has 4 rings (SSSR count). The van der Waals surface area contributed by atoms with Crippen molar-refractivity contribution in [2.24, 2.45) is 5.92 Å². The number of carbonyl (C=O) groups excluding carboxylic acids is 5. The lowest BCUT2D eigenvalue weighted by molar-refractivity contribution is -0.160. The van der Waals surface area contributed by atoms with Crippen LogP contribution in [-0.4, -0.2) is 126 Å². The zero-order chi connectivity index (χ0) is 44.6. The summed E-state index contributed by atoms with van der Waals surface area (Å²) in [6.07, 6.45) is 4.26. The van der Waals surface area contributed by atoms with E-state index in [4.69, 9.17) is 18.9 Å². The molecular formula is C42H63N9O9. The Morgan fingerprint density at radius 3 is 1.70 bits per heavy atom. The number of alkyl carbamates (subject to hydrolysis) is 1.